The number of nitrogens with one attached hydrogen (secondary N) is 1. The van der Waals surface area contributed by atoms with Crippen molar-refractivity contribution in [1.82, 2.24) is 15.1 Å². The molecule has 1 aromatic carbocycles. The van der Waals surface area contributed by atoms with Gasteiger partial charge in [-0.25, -0.2) is 4.39 Å². The van der Waals surface area contributed by atoms with Crippen LogP contribution in [0.4, 0.5) is 4.39 Å². The van der Waals surface area contributed by atoms with Crippen LogP contribution in [-0.2, 0) is 18.5 Å². The molecule has 0 unspecified atom stereocenters. The lowest BCUT2D eigenvalue weighted by atomic mass is 9.96. The number of rotatable bonds is 7. The molecule has 1 fully saturated rings. The van der Waals surface area contributed by atoms with E-state index in [-0.39, 0.29) is 17.8 Å². The van der Waals surface area contributed by atoms with Crippen LogP contribution in [0, 0.1) is 19.7 Å². The standard InChI is InChI=1S/C18H24FN3O/c1-13-17(14(2)22(21-13)9-10-23)11-20-12-18(7-8-18)15-3-5-16(19)6-4-15/h3-6,20,23H,7-12H2,1-2H3. The topological polar surface area (TPSA) is 50.1 Å². The Hall–Kier alpha value is -1.72. The Morgan fingerprint density at radius 3 is 2.57 bits per heavy atom. The van der Waals surface area contributed by atoms with E-state index in [4.69, 9.17) is 5.11 Å². The summed E-state index contributed by atoms with van der Waals surface area (Å²) in [6.07, 6.45) is 2.29. The van der Waals surface area contributed by atoms with Crippen LogP contribution in [0.15, 0.2) is 24.3 Å². The van der Waals surface area contributed by atoms with Gasteiger partial charge in [0, 0.05) is 29.8 Å². The van der Waals surface area contributed by atoms with Gasteiger partial charge in [0.1, 0.15) is 5.82 Å². The third-order valence-electron chi connectivity index (χ3n) is 4.92. The first-order valence-electron chi connectivity index (χ1n) is 8.16. The molecule has 23 heavy (non-hydrogen) atoms. The van der Waals surface area contributed by atoms with Gasteiger partial charge in [0.05, 0.1) is 18.8 Å². The Labute approximate surface area is 136 Å². The molecular formula is C18H24FN3O. The molecule has 1 saturated carbocycles. The van der Waals surface area contributed by atoms with E-state index < -0.39 is 0 Å². The summed E-state index contributed by atoms with van der Waals surface area (Å²) in [6.45, 7) is 6.34. The lowest BCUT2D eigenvalue weighted by molar-refractivity contribution is 0.267. The van der Waals surface area contributed by atoms with E-state index in [0.29, 0.717) is 6.54 Å². The predicted molar refractivity (Wildman–Crippen MR) is 87.8 cm³/mol. The lowest BCUT2D eigenvalue weighted by Gasteiger charge is -2.17. The smallest absolute Gasteiger partial charge is 0.123 e. The highest BCUT2D eigenvalue weighted by atomic mass is 19.1. The van der Waals surface area contributed by atoms with Gasteiger partial charge in [-0.15, -0.1) is 0 Å². The molecule has 2 aromatic rings. The van der Waals surface area contributed by atoms with Crippen molar-refractivity contribution in [3.63, 3.8) is 0 Å². The molecule has 0 bridgehead atoms. The molecule has 1 aromatic heterocycles. The summed E-state index contributed by atoms with van der Waals surface area (Å²) < 4.78 is 14.9. The zero-order valence-electron chi connectivity index (χ0n) is 13.8. The van der Waals surface area contributed by atoms with Gasteiger partial charge in [0.25, 0.3) is 0 Å². The van der Waals surface area contributed by atoms with E-state index in [1.165, 1.54) is 11.1 Å². The maximum absolute atomic E-state index is 13.1. The molecule has 0 saturated heterocycles. The highest BCUT2D eigenvalue weighted by Gasteiger charge is 2.43. The van der Waals surface area contributed by atoms with E-state index in [1.807, 2.05) is 30.7 Å². The Bertz CT molecular complexity index is 674. The molecule has 0 amide bonds. The molecule has 0 aliphatic heterocycles. The summed E-state index contributed by atoms with van der Waals surface area (Å²) in [6, 6.07) is 6.89. The molecule has 0 radical (unpaired) electrons. The average molecular weight is 317 g/mol. The summed E-state index contributed by atoms with van der Waals surface area (Å²) in [5, 5.41) is 17.1. The van der Waals surface area contributed by atoms with Gasteiger partial charge < -0.3 is 10.4 Å². The maximum atomic E-state index is 13.1. The number of halogens is 1. The molecule has 1 aliphatic carbocycles. The van der Waals surface area contributed by atoms with Gasteiger partial charge in [-0.3, -0.25) is 4.68 Å². The quantitative estimate of drug-likeness (QED) is 0.825. The predicted octanol–water partition coefficient (Wildman–Crippen LogP) is 2.45. The van der Waals surface area contributed by atoms with Gasteiger partial charge >= 0.3 is 0 Å². The Balaban J connectivity index is 1.63. The summed E-state index contributed by atoms with van der Waals surface area (Å²) in [4.78, 5) is 0. The van der Waals surface area contributed by atoms with E-state index >= 15 is 0 Å². The number of nitrogens with zero attached hydrogens (tertiary/aromatic N) is 2. The third kappa shape index (κ3) is 3.31. The number of hydrogen-bond acceptors (Lipinski definition) is 3. The van der Waals surface area contributed by atoms with E-state index in [2.05, 4.69) is 10.4 Å². The van der Waals surface area contributed by atoms with Crippen LogP contribution < -0.4 is 5.32 Å². The molecular weight excluding hydrogens is 293 g/mol. The third-order valence-corrected chi connectivity index (χ3v) is 4.92. The normalized spacial score (nSPS) is 15.8. The van der Waals surface area contributed by atoms with Crippen molar-refractivity contribution in [2.45, 2.75) is 45.2 Å². The first kappa shape index (κ1) is 16.1. The van der Waals surface area contributed by atoms with Crippen molar-refractivity contribution in [1.29, 1.82) is 0 Å². The van der Waals surface area contributed by atoms with Gasteiger partial charge in [-0.2, -0.15) is 5.10 Å². The van der Waals surface area contributed by atoms with Crippen LogP contribution in [0.5, 0.6) is 0 Å². The van der Waals surface area contributed by atoms with Crippen LogP contribution in [0.25, 0.3) is 0 Å². The van der Waals surface area contributed by atoms with Crippen LogP contribution in [0.2, 0.25) is 0 Å². The Morgan fingerprint density at radius 2 is 1.96 bits per heavy atom. The van der Waals surface area contributed by atoms with Crippen LogP contribution in [0.3, 0.4) is 0 Å². The zero-order valence-corrected chi connectivity index (χ0v) is 13.8. The minimum Gasteiger partial charge on any atom is -0.394 e. The molecule has 5 heteroatoms. The summed E-state index contributed by atoms with van der Waals surface area (Å²) in [5.41, 5.74) is 4.70. The van der Waals surface area contributed by atoms with Crippen molar-refractivity contribution < 1.29 is 9.50 Å². The number of hydrogen-bond donors (Lipinski definition) is 2. The van der Waals surface area contributed by atoms with Crippen molar-refractivity contribution in [3.8, 4) is 0 Å². The van der Waals surface area contributed by atoms with E-state index in [0.717, 1.165) is 37.3 Å². The van der Waals surface area contributed by atoms with Crippen LogP contribution in [0.1, 0.15) is 35.4 Å². The van der Waals surface area contributed by atoms with Gasteiger partial charge in [-0.05, 0) is 44.4 Å². The van der Waals surface area contributed by atoms with Gasteiger partial charge in [-0.1, -0.05) is 12.1 Å². The number of aliphatic hydroxyl groups excluding tert-OH is 1. The second-order valence-electron chi connectivity index (χ2n) is 6.49. The minimum atomic E-state index is -0.181. The SMILES string of the molecule is Cc1nn(CCO)c(C)c1CNCC1(c2ccc(F)cc2)CC1. The summed E-state index contributed by atoms with van der Waals surface area (Å²) in [5.74, 6) is -0.181. The molecule has 0 spiro atoms. The van der Waals surface area contributed by atoms with E-state index in [9.17, 15) is 4.39 Å². The van der Waals surface area contributed by atoms with Crippen molar-refractivity contribution in [3.05, 3.63) is 52.6 Å². The first-order valence-corrected chi connectivity index (χ1v) is 8.16. The monoisotopic (exact) mass is 317 g/mol. The molecule has 124 valence electrons. The second kappa shape index (κ2) is 6.42. The average Bonchev–Trinajstić information content (AvgIpc) is 3.27. The summed E-state index contributed by atoms with van der Waals surface area (Å²) >= 11 is 0. The van der Waals surface area contributed by atoms with Gasteiger partial charge in [0.2, 0.25) is 0 Å². The number of aryl methyl sites for hydroxylation is 1. The number of benzene rings is 1. The minimum absolute atomic E-state index is 0.0997. The highest BCUT2D eigenvalue weighted by molar-refractivity contribution is 5.32. The van der Waals surface area contributed by atoms with Gasteiger partial charge in [0.15, 0.2) is 0 Å². The maximum Gasteiger partial charge on any atom is 0.123 e. The fourth-order valence-corrected chi connectivity index (χ4v) is 3.25. The Morgan fingerprint density at radius 1 is 1.26 bits per heavy atom. The molecule has 3 rings (SSSR count). The second-order valence-corrected chi connectivity index (χ2v) is 6.49. The zero-order chi connectivity index (χ0) is 16.4. The molecule has 0 atom stereocenters. The van der Waals surface area contributed by atoms with Crippen LogP contribution in [-0.4, -0.2) is 28.0 Å². The lowest BCUT2D eigenvalue weighted by Crippen LogP contribution is -2.27. The first-order chi connectivity index (χ1) is 11.1. The van der Waals surface area contributed by atoms with Crippen LogP contribution >= 0.6 is 0 Å². The summed E-state index contributed by atoms with van der Waals surface area (Å²) in [7, 11) is 0. The Kier molecular flexibility index (Phi) is 4.50. The fourth-order valence-electron chi connectivity index (χ4n) is 3.25. The van der Waals surface area contributed by atoms with Crippen molar-refractivity contribution >= 4 is 0 Å². The number of aliphatic hydroxyl groups is 1. The number of aromatic nitrogens is 2. The van der Waals surface area contributed by atoms with Crippen molar-refractivity contribution in [2.24, 2.45) is 0 Å². The molecule has 1 heterocycles. The highest BCUT2D eigenvalue weighted by Crippen LogP contribution is 2.47. The molecule has 2 N–H and O–H groups in total. The largest absolute Gasteiger partial charge is 0.394 e. The molecule has 1 aliphatic rings. The fraction of sp³-hybridized carbons (Fsp3) is 0.500. The van der Waals surface area contributed by atoms with E-state index in [1.54, 1.807) is 12.1 Å². The molecule has 4 nitrogen and oxygen atoms in total. The van der Waals surface area contributed by atoms with Crippen molar-refractivity contribution in [2.75, 3.05) is 13.2 Å².